The van der Waals surface area contributed by atoms with Crippen LogP contribution in [0.15, 0.2) is 36.7 Å². The molecule has 2 heterocycles. The first-order valence-corrected chi connectivity index (χ1v) is 5.58. The Bertz CT molecular complexity index is 482. The van der Waals surface area contributed by atoms with Crippen LogP contribution >= 0.6 is 0 Å². The first-order chi connectivity index (χ1) is 8.29. The Morgan fingerprint density at radius 3 is 2.82 bits per heavy atom. The molecule has 0 aliphatic carbocycles. The number of rotatable bonds is 4. The van der Waals surface area contributed by atoms with Crippen LogP contribution in [0.5, 0.6) is 0 Å². The van der Waals surface area contributed by atoms with Gasteiger partial charge in [-0.05, 0) is 30.2 Å². The number of halogens is 1. The maximum Gasteiger partial charge on any atom is 0.141 e. The average Bonchev–Trinajstić information content (AvgIpc) is 2.38. The first kappa shape index (κ1) is 11.5. The lowest BCUT2D eigenvalue weighted by atomic mass is 10.1. The minimum Gasteiger partial charge on any atom is -0.364 e. The highest BCUT2D eigenvalue weighted by Gasteiger charge is 2.01. The smallest absolute Gasteiger partial charge is 0.141 e. The second kappa shape index (κ2) is 5.39. The van der Waals surface area contributed by atoms with E-state index < -0.39 is 0 Å². The number of pyridine rings is 2. The van der Waals surface area contributed by atoms with Crippen molar-refractivity contribution in [2.45, 2.75) is 19.9 Å². The summed E-state index contributed by atoms with van der Waals surface area (Å²) in [6.07, 6.45) is 3.91. The molecule has 4 heteroatoms. The molecule has 0 bridgehead atoms. The molecule has 0 unspecified atom stereocenters. The van der Waals surface area contributed by atoms with Gasteiger partial charge in [-0.1, -0.05) is 13.0 Å². The lowest BCUT2D eigenvalue weighted by Crippen LogP contribution is -2.05. The van der Waals surface area contributed by atoms with Crippen LogP contribution in [-0.4, -0.2) is 9.97 Å². The van der Waals surface area contributed by atoms with E-state index in [4.69, 9.17) is 0 Å². The number of hydrogen-bond donors (Lipinski definition) is 1. The Balaban J connectivity index is 2.04. The third kappa shape index (κ3) is 3.00. The zero-order valence-corrected chi connectivity index (χ0v) is 9.65. The van der Waals surface area contributed by atoms with Crippen LogP contribution in [0.4, 0.5) is 10.2 Å². The van der Waals surface area contributed by atoms with E-state index in [1.165, 1.54) is 17.8 Å². The van der Waals surface area contributed by atoms with Crippen LogP contribution < -0.4 is 5.32 Å². The molecule has 0 aliphatic rings. The van der Waals surface area contributed by atoms with Crippen molar-refractivity contribution in [2.75, 3.05) is 5.32 Å². The van der Waals surface area contributed by atoms with Crippen LogP contribution in [0.25, 0.3) is 0 Å². The average molecular weight is 231 g/mol. The first-order valence-electron chi connectivity index (χ1n) is 5.58. The number of aryl methyl sites for hydroxylation is 1. The summed E-state index contributed by atoms with van der Waals surface area (Å²) in [5.41, 5.74) is 2.21. The van der Waals surface area contributed by atoms with Gasteiger partial charge in [-0.15, -0.1) is 0 Å². The van der Waals surface area contributed by atoms with E-state index in [1.54, 1.807) is 12.3 Å². The van der Waals surface area contributed by atoms with Gasteiger partial charge in [0.05, 0.1) is 18.4 Å². The van der Waals surface area contributed by atoms with Crippen molar-refractivity contribution in [2.24, 2.45) is 0 Å². The van der Waals surface area contributed by atoms with E-state index in [1.807, 2.05) is 6.07 Å². The summed E-state index contributed by atoms with van der Waals surface area (Å²) in [4.78, 5) is 8.25. The second-order valence-electron chi connectivity index (χ2n) is 3.68. The van der Waals surface area contributed by atoms with Crippen molar-refractivity contribution in [3.63, 3.8) is 0 Å². The van der Waals surface area contributed by atoms with Crippen molar-refractivity contribution in [3.05, 3.63) is 53.7 Å². The third-order valence-corrected chi connectivity index (χ3v) is 2.53. The predicted molar refractivity (Wildman–Crippen MR) is 65.1 cm³/mol. The zero-order chi connectivity index (χ0) is 12.1. The highest BCUT2D eigenvalue weighted by Crippen LogP contribution is 2.09. The van der Waals surface area contributed by atoms with Gasteiger partial charge in [0.2, 0.25) is 0 Å². The maximum absolute atomic E-state index is 12.7. The number of anilines is 1. The fraction of sp³-hybridized carbons (Fsp3) is 0.231. The van der Waals surface area contributed by atoms with Crippen LogP contribution in [0.3, 0.4) is 0 Å². The minimum atomic E-state index is -0.331. The van der Waals surface area contributed by atoms with Crippen LogP contribution in [-0.2, 0) is 13.0 Å². The van der Waals surface area contributed by atoms with Gasteiger partial charge in [0.25, 0.3) is 0 Å². The molecule has 88 valence electrons. The number of hydrogen-bond acceptors (Lipinski definition) is 3. The van der Waals surface area contributed by atoms with Crippen molar-refractivity contribution in [1.82, 2.24) is 9.97 Å². The normalized spacial score (nSPS) is 10.2. The molecular formula is C13H14FN3. The van der Waals surface area contributed by atoms with Gasteiger partial charge in [-0.25, -0.2) is 9.37 Å². The van der Waals surface area contributed by atoms with Crippen molar-refractivity contribution >= 4 is 5.82 Å². The van der Waals surface area contributed by atoms with Crippen molar-refractivity contribution < 1.29 is 4.39 Å². The molecule has 2 rings (SSSR count). The Labute approximate surface area is 99.7 Å². The summed E-state index contributed by atoms with van der Waals surface area (Å²) in [7, 11) is 0. The summed E-state index contributed by atoms with van der Waals surface area (Å²) in [5.74, 6) is 0.321. The molecular weight excluding hydrogens is 217 g/mol. The molecule has 2 aromatic heterocycles. The van der Waals surface area contributed by atoms with Crippen LogP contribution in [0.1, 0.15) is 18.2 Å². The standard InChI is InChI=1S/C13H14FN3/c1-2-10-4-3-7-15-12(10)9-17-13-6-5-11(14)8-16-13/h3-8H,2,9H2,1H3,(H,16,17). The molecule has 17 heavy (non-hydrogen) atoms. The molecule has 0 amide bonds. The Kier molecular flexibility index (Phi) is 3.65. The maximum atomic E-state index is 12.7. The third-order valence-electron chi connectivity index (χ3n) is 2.53. The Morgan fingerprint density at radius 1 is 1.24 bits per heavy atom. The molecule has 0 radical (unpaired) electrons. The van der Waals surface area contributed by atoms with Crippen LogP contribution in [0, 0.1) is 5.82 Å². The molecule has 0 fully saturated rings. The monoisotopic (exact) mass is 231 g/mol. The van der Waals surface area contributed by atoms with Crippen LogP contribution in [0.2, 0.25) is 0 Å². The summed E-state index contributed by atoms with van der Waals surface area (Å²) in [6.45, 7) is 2.69. The van der Waals surface area contributed by atoms with E-state index in [9.17, 15) is 4.39 Å². The topological polar surface area (TPSA) is 37.8 Å². The molecule has 0 aromatic carbocycles. The van der Waals surface area contributed by atoms with Gasteiger partial charge in [-0.3, -0.25) is 4.98 Å². The fourth-order valence-electron chi connectivity index (χ4n) is 1.61. The summed E-state index contributed by atoms with van der Waals surface area (Å²) in [6, 6.07) is 6.99. The predicted octanol–water partition coefficient (Wildman–Crippen LogP) is 2.79. The van der Waals surface area contributed by atoms with E-state index in [2.05, 4.69) is 28.3 Å². The van der Waals surface area contributed by atoms with Gasteiger partial charge in [0.1, 0.15) is 11.6 Å². The van der Waals surface area contributed by atoms with Gasteiger partial charge in [0, 0.05) is 6.20 Å². The molecule has 0 aliphatic heterocycles. The molecule has 1 N–H and O–H groups in total. The van der Waals surface area contributed by atoms with Gasteiger partial charge in [-0.2, -0.15) is 0 Å². The molecule has 2 aromatic rings. The number of aromatic nitrogens is 2. The highest BCUT2D eigenvalue weighted by atomic mass is 19.1. The SMILES string of the molecule is CCc1cccnc1CNc1ccc(F)cn1. The lowest BCUT2D eigenvalue weighted by molar-refractivity contribution is 0.621. The quantitative estimate of drug-likeness (QED) is 0.879. The van der Waals surface area contributed by atoms with E-state index in [0.717, 1.165) is 12.1 Å². The lowest BCUT2D eigenvalue weighted by Gasteiger charge is -2.08. The second-order valence-corrected chi connectivity index (χ2v) is 3.68. The van der Waals surface area contributed by atoms with Gasteiger partial charge >= 0.3 is 0 Å². The molecule has 0 atom stereocenters. The van der Waals surface area contributed by atoms with Gasteiger partial charge in [0.15, 0.2) is 0 Å². The molecule has 0 saturated carbocycles. The summed E-state index contributed by atoms with van der Waals surface area (Å²) in [5, 5.41) is 3.12. The van der Waals surface area contributed by atoms with E-state index in [0.29, 0.717) is 12.4 Å². The van der Waals surface area contributed by atoms with E-state index >= 15 is 0 Å². The fourth-order valence-corrected chi connectivity index (χ4v) is 1.61. The zero-order valence-electron chi connectivity index (χ0n) is 9.65. The summed E-state index contributed by atoms with van der Waals surface area (Å²) < 4.78 is 12.7. The number of nitrogens with one attached hydrogen (secondary N) is 1. The van der Waals surface area contributed by atoms with E-state index in [-0.39, 0.29) is 5.82 Å². The van der Waals surface area contributed by atoms with Crippen molar-refractivity contribution in [1.29, 1.82) is 0 Å². The minimum absolute atomic E-state index is 0.331. The number of nitrogens with zero attached hydrogens (tertiary/aromatic N) is 2. The molecule has 0 spiro atoms. The Morgan fingerprint density at radius 2 is 2.12 bits per heavy atom. The summed E-state index contributed by atoms with van der Waals surface area (Å²) >= 11 is 0. The largest absolute Gasteiger partial charge is 0.364 e. The van der Waals surface area contributed by atoms with Gasteiger partial charge < -0.3 is 5.32 Å². The molecule has 0 saturated heterocycles. The highest BCUT2D eigenvalue weighted by molar-refractivity contribution is 5.35. The van der Waals surface area contributed by atoms with Crippen molar-refractivity contribution in [3.8, 4) is 0 Å². The molecule has 3 nitrogen and oxygen atoms in total. The Hall–Kier alpha value is -1.97.